The molecule has 3 aromatic carbocycles. The minimum atomic E-state index is -1.18. The first-order chi connectivity index (χ1) is 18.8. The van der Waals surface area contributed by atoms with Crippen molar-refractivity contribution in [2.24, 2.45) is 0 Å². The number of hydrogen-bond donors (Lipinski definition) is 2. The monoisotopic (exact) mass is 550 g/mol. The van der Waals surface area contributed by atoms with Crippen LogP contribution in [0.4, 0.5) is 0 Å². The van der Waals surface area contributed by atoms with E-state index in [-0.39, 0.29) is 31.2 Å². The lowest BCUT2D eigenvalue weighted by atomic mass is 9.98. The third kappa shape index (κ3) is 5.46. The molecule has 4 aromatic rings. The molecular weight excluding hydrogens is 528 g/mol. The van der Waals surface area contributed by atoms with Crippen LogP contribution in [0, 0.1) is 0 Å². The van der Waals surface area contributed by atoms with E-state index in [0.29, 0.717) is 44.7 Å². The summed E-state index contributed by atoms with van der Waals surface area (Å²) in [4.78, 5) is 23.8. The van der Waals surface area contributed by atoms with Crippen LogP contribution in [0.1, 0.15) is 27.2 Å². The number of hydrogen-bond acceptors (Lipinski definition) is 7. The average Bonchev–Trinajstić information content (AvgIpc) is 3.52. The van der Waals surface area contributed by atoms with Gasteiger partial charge in [-0.3, -0.25) is 4.68 Å². The predicted molar refractivity (Wildman–Crippen MR) is 140 cm³/mol. The third-order valence-corrected chi connectivity index (χ3v) is 6.51. The van der Waals surface area contributed by atoms with E-state index < -0.39 is 18.5 Å². The van der Waals surface area contributed by atoms with E-state index in [9.17, 15) is 14.7 Å². The lowest BCUT2D eigenvalue weighted by molar-refractivity contribution is -0.139. The zero-order chi connectivity index (χ0) is 27.5. The zero-order valence-electron chi connectivity index (χ0n) is 20.7. The second-order valence-electron chi connectivity index (χ2n) is 8.63. The fourth-order valence-corrected chi connectivity index (χ4v) is 4.58. The largest absolute Gasteiger partial charge is 0.497 e. The van der Waals surface area contributed by atoms with E-state index >= 15 is 0 Å². The van der Waals surface area contributed by atoms with Gasteiger partial charge in [-0.1, -0.05) is 41.9 Å². The molecule has 5 rings (SSSR count). The van der Waals surface area contributed by atoms with Gasteiger partial charge in [-0.25, -0.2) is 9.59 Å². The molecule has 1 aromatic heterocycles. The van der Waals surface area contributed by atoms with E-state index in [1.54, 1.807) is 30.3 Å². The molecule has 0 amide bonds. The van der Waals surface area contributed by atoms with Gasteiger partial charge in [-0.05, 0) is 23.8 Å². The second kappa shape index (κ2) is 11.0. The Balaban J connectivity index is 1.62. The number of ether oxygens (including phenoxy) is 4. The number of nitrogens with zero attached hydrogens (tertiary/aromatic N) is 2. The van der Waals surface area contributed by atoms with Gasteiger partial charge in [0, 0.05) is 40.3 Å². The molecule has 1 aliphatic heterocycles. The summed E-state index contributed by atoms with van der Waals surface area (Å²) in [5.74, 6) is -0.583. The maximum Gasteiger partial charge on any atom is 0.354 e. The van der Waals surface area contributed by atoms with Gasteiger partial charge in [0.1, 0.15) is 11.5 Å². The highest BCUT2D eigenvalue weighted by Gasteiger charge is 2.27. The zero-order valence-corrected chi connectivity index (χ0v) is 21.5. The van der Waals surface area contributed by atoms with E-state index in [4.69, 9.17) is 40.8 Å². The maximum atomic E-state index is 12.7. The highest BCUT2D eigenvalue weighted by Crippen LogP contribution is 2.39. The Morgan fingerprint density at radius 1 is 1.03 bits per heavy atom. The lowest BCUT2D eigenvalue weighted by Crippen LogP contribution is -2.15. The topological polar surface area (TPSA) is 129 Å². The first-order valence-corrected chi connectivity index (χ1v) is 12.2. The highest BCUT2D eigenvalue weighted by atomic mass is 35.5. The summed E-state index contributed by atoms with van der Waals surface area (Å²) >= 11 is 6.55. The number of rotatable bonds is 10. The number of aromatic nitrogens is 2. The molecule has 0 aliphatic carbocycles. The average molecular weight is 551 g/mol. The van der Waals surface area contributed by atoms with Crippen molar-refractivity contribution in [1.82, 2.24) is 9.78 Å². The molecule has 0 spiro atoms. The summed E-state index contributed by atoms with van der Waals surface area (Å²) < 4.78 is 23.0. The summed E-state index contributed by atoms with van der Waals surface area (Å²) in [7, 11) is 1.48. The van der Waals surface area contributed by atoms with Crippen molar-refractivity contribution >= 4 is 23.5 Å². The normalized spacial score (nSPS) is 11.8. The van der Waals surface area contributed by atoms with Crippen molar-refractivity contribution in [2.45, 2.75) is 13.0 Å². The molecular formula is C28H23ClN2O8. The van der Waals surface area contributed by atoms with Crippen molar-refractivity contribution in [3.63, 3.8) is 0 Å². The van der Waals surface area contributed by atoms with E-state index in [0.717, 1.165) is 5.56 Å². The fraction of sp³-hybridized carbons (Fsp3) is 0.179. The molecule has 0 fully saturated rings. The van der Waals surface area contributed by atoms with Crippen molar-refractivity contribution in [3.8, 4) is 34.3 Å². The van der Waals surface area contributed by atoms with Crippen LogP contribution in [0.25, 0.3) is 11.3 Å². The van der Waals surface area contributed by atoms with Gasteiger partial charge >= 0.3 is 11.9 Å². The quantitative estimate of drug-likeness (QED) is 0.287. The number of carboxylic acid groups (broad SMARTS) is 2. The molecule has 0 radical (unpaired) electrons. The Morgan fingerprint density at radius 3 is 2.46 bits per heavy atom. The van der Waals surface area contributed by atoms with Crippen LogP contribution in [0.2, 0.25) is 5.02 Å². The number of carbonyl (C=O) groups is 2. The van der Waals surface area contributed by atoms with E-state index in [2.05, 4.69) is 0 Å². The van der Waals surface area contributed by atoms with E-state index in [1.165, 1.54) is 11.8 Å². The van der Waals surface area contributed by atoms with Crippen LogP contribution in [0.3, 0.4) is 0 Å². The number of halogens is 1. The van der Waals surface area contributed by atoms with Gasteiger partial charge in [-0.15, -0.1) is 0 Å². The molecule has 10 nitrogen and oxygen atoms in total. The highest BCUT2D eigenvalue weighted by molar-refractivity contribution is 6.31. The third-order valence-electron chi connectivity index (χ3n) is 6.15. The van der Waals surface area contributed by atoms with Gasteiger partial charge in [0.05, 0.1) is 19.3 Å². The Morgan fingerprint density at radius 2 is 1.77 bits per heavy atom. The van der Waals surface area contributed by atoms with Crippen LogP contribution in [0.15, 0.2) is 60.7 Å². The fourth-order valence-electron chi connectivity index (χ4n) is 4.36. The standard InChI is InChI=1S/C28H23ClN2O8/c1-36-19-8-7-17(22(11-19)37-14-25(32)33)13-31-27(28(34)35)20(26(30-31)16-5-3-2-4-6-16)9-18-10-23-24(12-21(18)29)39-15-38-23/h2-8,10-12H,9,13-15H2,1H3,(H,32,33)(H,34,35). The summed E-state index contributed by atoms with van der Waals surface area (Å²) in [5, 5.41) is 24.6. The molecule has 39 heavy (non-hydrogen) atoms. The summed E-state index contributed by atoms with van der Waals surface area (Å²) in [6.45, 7) is -0.500. The Kier molecular flexibility index (Phi) is 7.29. The number of aliphatic carboxylic acids is 1. The van der Waals surface area contributed by atoms with Crippen LogP contribution in [-0.4, -0.2) is 52.4 Å². The van der Waals surface area contributed by atoms with Crippen molar-refractivity contribution in [2.75, 3.05) is 20.5 Å². The van der Waals surface area contributed by atoms with Crippen molar-refractivity contribution in [3.05, 3.63) is 88.1 Å². The van der Waals surface area contributed by atoms with Crippen LogP contribution in [-0.2, 0) is 17.8 Å². The molecule has 200 valence electrons. The molecule has 2 N–H and O–H groups in total. The van der Waals surface area contributed by atoms with Crippen LogP contribution >= 0.6 is 11.6 Å². The van der Waals surface area contributed by atoms with Crippen LogP contribution < -0.4 is 18.9 Å². The molecule has 2 heterocycles. The minimum Gasteiger partial charge on any atom is -0.497 e. The predicted octanol–water partition coefficient (Wildman–Crippen LogP) is 4.74. The number of methoxy groups -OCH3 is 1. The van der Waals surface area contributed by atoms with Gasteiger partial charge in [0.15, 0.2) is 23.8 Å². The van der Waals surface area contributed by atoms with E-state index in [1.807, 2.05) is 30.3 Å². The van der Waals surface area contributed by atoms with Crippen LogP contribution in [0.5, 0.6) is 23.0 Å². The van der Waals surface area contributed by atoms with Crippen molar-refractivity contribution < 1.29 is 38.7 Å². The molecule has 0 unspecified atom stereocenters. The smallest absolute Gasteiger partial charge is 0.354 e. The summed E-state index contributed by atoms with van der Waals surface area (Å²) in [5.41, 5.74) is 2.79. The Bertz CT molecular complexity index is 1550. The molecule has 0 atom stereocenters. The van der Waals surface area contributed by atoms with Gasteiger partial charge < -0.3 is 29.2 Å². The SMILES string of the molecule is COc1ccc(Cn2nc(-c3ccccc3)c(Cc3cc4c(cc3Cl)OCO4)c2C(=O)O)c(OCC(=O)O)c1. The Labute approximate surface area is 227 Å². The molecule has 0 bridgehead atoms. The minimum absolute atomic E-state index is 0.00468. The Hall–Kier alpha value is -4.70. The molecule has 0 saturated carbocycles. The second-order valence-corrected chi connectivity index (χ2v) is 9.04. The maximum absolute atomic E-state index is 12.7. The summed E-state index contributed by atoms with van der Waals surface area (Å²) in [6, 6.07) is 17.5. The van der Waals surface area contributed by atoms with Crippen molar-refractivity contribution in [1.29, 1.82) is 0 Å². The molecule has 11 heteroatoms. The number of fused-ring (bicyclic) bond motifs is 1. The summed E-state index contributed by atoms with van der Waals surface area (Å²) in [6.07, 6.45) is 0.159. The molecule has 1 aliphatic rings. The number of carboxylic acids is 2. The number of benzene rings is 3. The number of aromatic carboxylic acids is 1. The lowest BCUT2D eigenvalue weighted by Gasteiger charge is -2.13. The first-order valence-electron chi connectivity index (χ1n) is 11.8. The van der Waals surface area contributed by atoms with Gasteiger partial charge in [-0.2, -0.15) is 5.10 Å². The molecule has 0 saturated heterocycles. The van der Waals surface area contributed by atoms with Gasteiger partial charge in [0.2, 0.25) is 6.79 Å². The van der Waals surface area contributed by atoms with Gasteiger partial charge in [0.25, 0.3) is 0 Å². The first kappa shape index (κ1) is 25.9.